The summed E-state index contributed by atoms with van der Waals surface area (Å²) in [7, 11) is 0. The van der Waals surface area contributed by atoms with E-state index in [0.717, 1.165) is 12.2 Å². The maximum absolute atomic E-state index is 12.4. The predicted molar refractivity (Wildman–Crippen MR) is 77.2 cm³/mol. The largest absolute Gasteiger partial charge is 0.385 e. The topological polar surface area (TPSA) is 54.0 Å². The molecule has 2 N–H and O–H groups in total. The number of nitrogens with zero attached hydrogens (tertiary/aromatic N) is 1. The third-order valence-corrected chi connectivity index (χ3v) is 4.73. The van der Waals surface area contributed by atoms with Crippen LogP contribution in [0, 0.1) is 10.8 Å². The highest BCUT2D eigenvalue weighted by Gasteiger charge is 2.65. The highest BCUT2D eigenvalue weighted by Crippen LogP contribution is 2.62. The second-order valence-electron chi connectivity index (χ2n) is 6.30. The Morgan fingerprint density at radius 3 is 2.47 bits per heavy atom. The second-order valence-corrected chi connectivity index (χ2v) is 6.30. The standard InChI is InChI=1S/C15H23N3O/c1-6-17-11-7-8-16-9-10(11)12(19)18-13-14(2,3)15(13,4)5/h7-9,13H,6H2,1-5H3,(H,16,17)(H,18,19). The smallest absolute Gasteiger partial charge is 0.255 e. The van der Waals surface area contributed by atoms with Gasteiger partial charge in [-0.25, -0.2) is 0 Å². The fourth-order valence-electron chi connectivity index (χ4n) is 2.69. The summed E-state index contributed by atoms with van der Waals surface area (Å²) in [5, 5.41) is 6.32. The van der Waals surface area contributed by atoms with Crippen LogP contribution in [0.3, 0.4) is 0 Å². The van der Waals surface area contributed by atoms with Gasteiger partial charge in [0.05, 0.1) is 11.3 Å². The molecule has 1 aliphatic carbocycles. The molecule has 0 aromatic carbocycles. The van der Waals surface area contributed by atoms with Crippen LogP contribution < -0.4 is 10.6 Å². The molecule has 104 valence electrons. The van der Waals surface area contributed by atoms with Gasteiger partial charge in [0.2, 0.25) is 0 Å². The van der Waals surface area contributed by atoms with E-state index in [0.29, 0.717) is 5.56 Å². The van der Waals surface area contributed by atoms with Crippen molar-refractivity contribution in [3.63, 3.8) is 0 Å². The lowest BCUT2D eigenvalue weighted by Gasteiger charge is -2.11. The number of anilines is 1. The van der Waals surface area contributed by atoms with Gasteiger partial charge in [-0.15, -0.1) is 0 Å². The quantitative estimate of drug-likeness (QED) is 0.876. The summed E-state index contributed by atoms with van der Waals surface area (Å²) in [5.41, 5.74) is 1.74. The maximum atomic E-state index is 12.4. The molecule has 4 nitrogen and oxygen atoms in total. The van der Waals surface area contributed by atoms with Gasteiger partial charge >= 0.3 is 0 Å². The first-order chi connectivity index (χ1) is 8.82. The number of carbonyl (C=O) groups excluding carboxylic acids is 1. The fraction of sp³-hybridized carbons (Fsp3) is 0.600. The van der Waals surface area contributed by atoms with E-state index < -0.39 is 0 Å². The summed E-state index contributed by atoms with van der Waals surface area (Å²) in [6, 6.07) is 2.05. The average Bonchev–Trinajstić information content (AvgIpc) is 2.73. The molecule has 1 aromatic heterocycles. The first-order valence-corrected chi connectivity index (χ1v) is 6.81. The molecule has 0 atom stereocenters. The Kier molecular flexibility index (Phi) is 3.29. The van der Waals surface area contributed by atoms with E-state index in [1.165, 1.54) is 0 Å². The lowest BCUT2D eigenvalue weighted by molar-refractivity contribution is 0.0944. The van der Waals surface area contributed by atoms with Gasteiger partial charge in [0, 0.05) is 25.0 Å². The molecule has 1 aliphatic rings. The number of amides is 1. The van der Waals surface area contributed by atoms with Crippen molar-refractivity contribution in [3.8, 4) is 0 Å². The SMILES string of the molecule is CCNc1ccncc1C(=O)NC1C(C)(C)C1(C)C. The summed E-state index contributed by atoms with van der Waals surface area (Å²) in [4.78, 5) is 16.4. The second kappa shape index (κ2) is 4.51. The van der Waals surface area contributed by atoms with Gasteiger partial charge < -0.3 is 10.6 Å². The average molecular weight is 261 g/mol. The van der Waals surface area contributed by atoms with E-state index in [1.54, 1.807) is 12.4 Å². The van der Waals surface area contributed by atoms with Gasteiger partial charge in [0.1, 0.15) is 0 Å². The molecule has 0 unspecified atom stereocenters. The summed E-state index contributed by atoms with van der Waals surface area (Å²) in [6.45, 7) is 11.5. The Morgan fingerprint density at radius 1 is 1.32 bits per heavy atom. The molecule has 1 saturated carbocycles. The van der Waals surface area contributed by atoms with Crippen molar-refractivity contribution in [2.75, 3.05) is 11.9 Å². The number of hydrogen-bond donors (Lipinski definition) is 2. The molecule has 0 radical (unpaired) electrons. The number of pyridine rings is 1. The van der Waals surface area contributed by atoms with Crippen molar-refractivity contribution in [1.29, 1.82) is 0 Å². The van der Waals surface area contributed by atoms with Crippen LogP contribution in [0.4, 0.5) is 5.69 Å². The zero-order chi connectivity index (χ0) is 14.3. The number of hydrogen-bond acceptors (Lipinski definition) is 3. The molecular weight excluding hydrogens is 238 g/mol. The molecule has 0 aliphatic heterocycles. The van der Waals surface area contributed by atoms with Gasteiger partial charge in [-0.2, -0.15) is 0 Å². The van der Waals surface area contributed by atoms with E-state index in [9.17, 15) is 4.79 Å². The van der Waals surface area contributed by atoms with Gasteiger partial charge in [-0.05, 0) is 23.8 Å². The van der Waals surface area contributed by atoms with E-state index >= 15 is 0 Å². The molecule has 1 fully saturated rings. The summed E-state index contributed by atoms with van der Waals surface area (Å²) in [5.74, 6) is -0.0484. The van der Waals surface area contributed by atoms with Crippen molar-refractivity contribution >= 4 is 11.6 Å². The molecular formula is C15H23N3O. The molecule has 0 bridgehead atoms. The minimum Gasteiger partial charge on any atom is -0.385 e. The Balaban J connectivity index is 2.14. The van der Waals surface area contributed by atoms with E-state index in [-0.39, 0.29) is 22.8 Å². The highest BCUT2D eigenvalue weighted by atomic mass is 16.1. The number of nitrogens with one attached hydrogen (secondary N) is 2. The minimum absolute atomic E-state index is 0.0484. The molecule has 19 heavy (non-hydrogen) atoms. The van der Waals surface area contributed by atoms with Crippen molar-refractivity contribution in [3.05, 3.63) is 24.0 Å². The fourth-order valence-corrected chi connectivity index (χ4v) is 2.69. The Bertz CT molecular complexity index is 480. The predicted octanol–water partition coefficient (Wildman–Crippen LogP) is 2.68. The Hall–Kier alpha value is -1.58. The first kappa shape index (κ1) is 13.8. The summed E-state index contributed by atoms with van der Waals surface area (Å²) < 4.78 is 0. The van der Waals surface area contributed by atoms with Crippen LogP contribution in [-0.2, 0) is 0 Å². The molecule has 1 amide bonds. The van der Waals surface area contributed by atoms with Crippen LogP contribution in [0.5, 0.6) is 0 Å². The van der Waals surface area contributed by atoms with Crippen LogP contribution in [0.25, 0.3) is 0 Å². The molecule has 1 heterocycles. The number of carbonyl (C=O) groups is 1. The summed E-state index contributed by atoms with van der Waals surface area (Å²) in [6.07, 6.45) is 3.31. The maximum Gasteiger partial charge on any atom is 0.255 e. The number of rotatable bonds is 4. The van der Waals surface area contributed by atoms with E-state index in [2.05, 4.69) is 43.3 Å². The molecule has 1 aromatic rings. The van der Waals surface area contributed by atoms with Crippen molar-refractivity contribution in [2.45, 2.75) is 40.7 Å². The third kappa shape index (κ3) is 2.20. The van der Waals surface area contributed by atoms with Crippen molar-refractivity contribution in [2.24, 2.45) is 10.8 Å². The van der Waals surface area contributed by atoms with E-state index in [4.69, 9.17) is 0 Å². The molecule has 0 saturated heterocycles. The lowest BCUT2D eigenvalue weighted by atomic mass is 10.0. The van der Waals surface area contributed by atoms with Gasteiger partial charge in [-0.3, -0.25) is 9.78 Å². The highest BCUT2D eigenvalue weighted by molar-refractivity contribution is 5.99. The zero-order valence-electron chi connectivity index (χ0n) is 12.4. The van der Waals surface area contributed by atoms with E-state index in [1.807, 2.05) is 13.0 Å². The number of aromatic nitrogens is 1. The third-order valence-electron chi connectivity index (χ3n) is 4.73. The van der Waals surface area contributed by atoms with Crippen molar-refractivity contribution in [1.82, 2.24) is 10.3 Å². The van der Waals surface area contributed by atoms with Crippen LogP contribution >= 0.6 is 0 Å². The normalized spacial score (nSPS) is 19.8. The zero-order valence-corrected chi connectivity index (χ0v) is 12.4. The first-order valence-electron chi connectivity index (χ1n) is 6.81. The van der Waals surface area contributed by atoms with Crippen LogP contribution in [0.15, 0.2) is 18.5 Å². The van der Waals surface area contributed by atoms with Gasteiger partial charge in [0.15, 0.2) is 0 Å². The monoisotopic (exact) mass is 261 g/mol. The summed E-state index contributed by atoms with van der Waals surface area (Å²) >= 11 is 0. The van der Waals surface area contributed by atoms with Crippen LogP contribution in [-0.4, -0.2) is 23.5 Å². The van der Waals surface area contributed by atoms with Crippen LogP contribution in [0.1, 0.15) is 45.0 Å². The molecule has 2 rings (SSSR count). The van der Waals surface area contributed by atoms with Crippen molar-refractivity contribution < 1.29 is 4.79 Å². The Labute approximate surface area is 115 Å². The van der Waals surface area contributed by atoms with Gasteiger partial charge in [-0.1, -0.05) is 27.7 Å². The Morgan fingerprint density at radius 2 is 1.95 bits per heavy atom. The minimum atomic E-state index is -0.0484. The van der Waals surface area contributed by atoms with Crippen LogP contribution in [0.2, 0.25) is 0 Å². The van der Waals surface area contributed by atoms with Gasteiger partial charge in [0.25, 0.3) is 5.91 Å². The molecule has 0 spiro atoms. The lowest BCUT2D eigenvalue weighted by Crippen LogP contribution is -2.30. The molecule has 4 heteroatoms.